The molecule has 8 heterocycles. The third kappa shape index (κ3) is 30.9. The fourth-order valence-corrected chi connectivity index (χ4v) is 19.7. The second-order valence-electron chi connectivity index (χ2n) is 38.0. The Kier molecular flexibility index (Phi) is 36.3. The quantitative estimate of drug-likeness (QED) is 0.0103. The number of terminal acetylenes is 1. The van der Waals surface area contributed by atoms with Gasteiger partial charge in [-0.05, 0) is 211 Å². The van der Waals surface area contributed by atoms with Crippen molar-refractivity contribution in [2.24, 2.45) is 0 Å². The van der Waals surface area contributed by atoms with E-state index in [-0.39, 0.29) is 85.9 Å². The molecule has 4 aliphatic carbocycles. The normalized spacial score (nSPS) is 21.3. The molecule has 8 aliphatic rings. The number of aromatic nitrogens is 8. The fraction of sp³-hybridized carbons (Fsp3) is 0.490. The Morgan fingerprint density at radius 3 is 0.928 bits per heavy atom. The Morgan fingerprint density at radius 2 is 0.655 bits per heavy atom. The lowest BCUT2D eigenvalue weighted by molar-refractivity contribution is -0.138. The zero-order valence-corrected chi connectivity index (χ0v) is 80.8. The summed E-state index contributed by atoms with van der Waals surface area (Å²) < 4.78 is 163. The predicted octanol–water partition coefficient (Wildman–Crippen LogP) is 16.2. The molecule has 8 fully saturated rings. The molecule has 4 aromatic heterocycles. The average molecular weight is 2070 g/mol. The highest BCUT2D eigenvalue weighted by Gasteiger charge is 2.42. The number of alkyl halides is 12. The molecule has 0 bridgehead atoms. The van der Waals surface area contributed by atoms with Gasteiger partial charge in [-0.2, -0.15) is 73.1 Å². The summed E-state index contributed by atoms with van der Waals surface area (Å²) in [6.45, 7) is 27.8. The van der Waals surface area contributed by atoms with Crippen LogP contribution in [0.1, 0.15) is 215 Å². The van der Waals surface area contributed by atoms with Gasteiger partial charge in [0.1, 0.15) is 8.07 Å². The Bertz CT molecular complexity index is 5470. The first-order chi connectivity index (χ1) is 65.5. The third-order valence-electron chi connectivity index (χ3n) is 26.3. The van der Waals surface area contributed by atoms with Crippen LogP contribution in [0.15, 0.2) is 183 Å². The molecule has 25 nitrogen and oxygen atoms in total. The van der Waals surface area contributed by atoms with Gasteiger partial charge < -0.3 is 42.5 Å². The number of nitrogens with zero attached hydrogens (tertiary/aromatic N) is 12. The van der Waals surface area contributed by atoms with E-state index in [4.69, 9.17) is 6.42 Å². The fourth-order valence-electron chi connectivity index (χ4n) is 18.8. The lowest BCUT2D eigenvalue weighted by Crippen LogP contribution is -2.63. The van der Waals surface area contributed by atoms with Crippen LogP contribution < -0.4 is 42.5 Å². The second-order valence-corrected chi connectivity index (χ2v) is 44.0. The molecule has 8 N–H and O–H groups in total. The highest BCUT2D eigenvalue weighted by molar-refractivity contribution is 14.1. The van der Waals surface area contributed by atoms with Gasteiger partial charge >= 0.3 is 24.7 Å². The van der Waals surface area contributed by atoms with Gasteiger partial charge in [0.05, 0.1) is 136 Å². The average Bonchev–Trinajstić information content (AvgIpc) is 1.79. The molecular formula is C100H123F12IN20O5Si. The number of benzene rings is 4. The van der Waals surface area contributed by atoms with Crippen LogP contribution in [0, 0.1) is 34.3 Å². The summed E-state index contributed by atoms with van der Waals surface area (Å²) in [5.74, 6) is 3.16. The van der Waals surface area contributed by atoms with Crippen molar-refractivity contribution in [1.29, 1.82) is 0 Å². The van der Waals surface area contributed by atoms with Crippen molar-refractivity contribution in [2.45, 2.75) is 234 Å². The van der Waals surface area contributed by atoms with E-state index in [1.165, 1.54) is 54.1 Å². The molecule has 4 aliphatic heterocycles. The summed E-state index contributed by atoms with van der Waals surface area (Å²) in [5.41, 5.74) is 4.68. The van der Waals surface area contributed by atoms with Crippen LogP contribution >= 0.6 is 22.6 Å². The maximum absolute atomic E-state index is 12.9. The van der Waals surface area contributed by atoms with E-state index in [0.29, 0.717) is 65.4 Å². The Hall–Kier alpha value is -11.2. The molecule has 139 heavy (non-hydrogen) atoms. The van der Waals surface area contributed by atoms with E-state index in [9.17, 15) is 76.7 Å². The van der Waals surface area contributed by atoms with Crippen molar-refractivity contribution in [3.05, 3.63) is 248 Å². The van der Waals surface area contributed by atoms with Crippen molar-refractivity contribution in [2.75, 3.05) is 78.5 Å². The zero-order valence-electron chi connectivity index (χ0n) is 77.6. The van der Waals surface area contributed by atoms with Crippen molar-refractivity contribution < 1.29 is 76.7 Å². The van der Waals surface area contributed by atoms with Crippen LogP contribution in [0.25, 0.3) is 0 Å². The summed E-state index contributed by atoms with van der Waals surface area (Å²) in [5, 5.41) is 41.0. The number of rotatable bonds is 27. The number of carbonyl (C=O) groups excluding carboxylic acids is 5. The SMILES string of the molecule is C.C#Cc1cnn(C2CCC(N3CC(NC(=C)CNC(=O)c4cccc(C(F)(F)F)c4)C3)CC2)c1.C=C(CNC(=O)c1cccc(C(F)(F)F)c1)NC1CN(C2CCC(n3cc(C#C[Si](C)(C)C)cn3)CC2)C1.C=C(CNC(=O)c1cccc(C(F)(F)F)c1)NC1CN(C2CCC(n3cc(I)cn3)CC2)C1.Cc1cnn(C2CCC(N3CC(NC(=O)CNC(=O)c4cccc(C(F)(F)F)c4)C3)CC2)c1. The molecule has 39 heteroatoms. The van der Waals surface area contributed by atoms with Gasteiger partial charge in [-0.25, -0.2) is 0 Å². The van der Waals surface area contributed by atoms with Crippen molar-refractivity contribution in [3.63, 3.8) is 0 Å². The van der Waals surface area contributed by atoms with E-state index >= 15 is 0 Å². The summed E-state index contributed by atoms with van der Waals surface area (Å²) in [6, 6.07) is 22.1. The number of carbonyl (C=O) groups is 5. The predicted molar refractivity (Wildman–Crippen MR) is 518 cm³/mol. The standard InChI is InChI=1S/C28H36F3N5OSi.C25H28F3N5O.C23H27F3IN5O.C23H28F3N5O2.CH4/c1-20(15-32-27(37)22-6-5-7-23(14-22)28(29,30)31)34-24-18-35(19-24)25-8-10-26(11-9-25)36-17-21(16-33-36)12-13-38(2,3)4;1-3-18-13-30-33(14-18)23-9-7-22(8-10-23)32-15-21(16-32)31-17(2)12-29-24(34)19-5-4-6-20(11-19)25(26,27)28;1-15(10-28-22(33)16-3-2-4-17(9-16)23(24,25)26)30-19-13-31(14-19)20-5-7-21(8-6-20)32-12-18(27)11-29-32;1-15-10-28-31(12-15)20-7-5-19(6-8-20)30-13-18(14-30)29-21(32)11-27-22(33)16-3-2-4-17(9-16)23(24,25)26;/h5-7,14,16-17,24-26,34H,1,8-11,15,18-19H2,2-4H3,(H,32,37);1,4-6,11,13-14,21-23,31H,2,7-10,12,15-16H2,(H,29,34);2-4,9,11-12,19-21,30H,1,5-8,10,13-14H2,(H,28,33);2-4,9-10,12,18-20H,5-8,11,13-14H2,1H3,(H,27,33)(H,29,32);1H4. The number of aryl methyl sites for hydroxylation is 1. The molecular weight excluding hydrogens is 1940 g/mol. The highest BCUT2D eigenvalue weighted by atomic mass is 127. The molecule has 748 valence electrons. The van der Waals surface area contributed by atoms with E-state index in [1.807, 2.05) is 36.4 Å². The van der Waals surface area contributed by atoms with E-state index < -0.39 is 78.7 Å². The molecule has 16 rings (SSSR count). The maximum atomic E-state index is 12.9. The maximum Gasteiger partial charge on any atom is 0.416 e. The highest BCUT2D eigenvalue weighted by Crippen LogP contribution is 2.40. The number of amides is 5. The summed E-state index contributed by atoms with van der Waals surface area (Å²) >= 11 is 2.28. The molecule has 8 aromatic rings. The van der Waals surface area contributed by atoms with Crippen LogP contribution in [0.5, 0.6) is 0 Å². The van der Waals surface area contributed by atoms with Crippen molar-refractivity contribution in [3.8, 4) is 23.8 Å². The topological polar surface area (TPSA) is 266 Å². The first-order valence-electron chi connectivity index (χ1n) is 46.7. The zero-order chi connectivity index (χ0) is 99.0. The van der Waals surface area contributed by atoms with E-state index in [0.717, 1.165) is 218 Å². The Morgan fingerprint density at radius 1 is 0.388 bits per heavy atom. The lowest BCUT2D eigenvalue weighted by Gasteiger charge is -2.47. The van der Waals surface area contributed by atoms with Gasteiger partial charge in [0, 0.05) is 141 Å². The summed E-state index contributed by atoms with van der Waals surface area (Å²) in [6.07, 6.45) is 20.8. The second kappa shape index (κ2) is 47.4. The van der Waals surface area contributed by atoms with Crippen LogP contribution in [-0.2, 0) is 29.5 Å². The number of hydrogen-bond donors (Lipinski definition) is 8. The molecule has 4 saturated heterocycles. The van der Waals surface area contributed by atoms with Gasteiger partial charge in [0.25, 0.3) is 23.6 Å². The minimum Gasteiger partial charge on any atom is -0.382 e. The van der Waals surface area contributed by atoms with Crippen molar-refractivity contribution in [1.82, 2.24) is 101 Å². The Balaban J connectivity index is 0.000000166. The minimum absolute atomic E-state index is 0. The van der Waals surface area contributed by atoms with Gasteiger partial charge in [0.2, 0.25) is 5.91 Å². The smallest absolute Gasteiger partial charge is 0.382 e. The third-order valence-corrected chi connectivity index (χ3v) is 27.7. The number of likely N-dealkylation sites (tertiary alicyclic amines) is 4. The summed E-state index contributed by atoms with van der Waals surface area (Å²) in [7, 11) is -1.40. The molecule has 0 atom stereocenters. The van der Waals surface area contributed by atoms with Gasteiger partial charge in [-0.15, -0.1) is 12.0 Å². The van der Waals surface area contributed by atoms with Gasteiger partial charge in [-0.3, -0.25) is 62.3 Å². The van der Waals surface area contributed by atoms with E-state index in [1.54, 1.807) is 6.20 Å². The molecule has 0 radical (unpaired) electrons. The summed E-state index contributed by atoms with van der Waals surface area (Å²) in [4.78, 5) is 70.8. The Labute approximate surface area is 817 Å². The van der Waals surface area contributed by atoms with E-state index in [2.05, 4.69) is 195 Å². The van der Waals surface area contributed by atoms with Gasteiger partial charge in [0.15, 0.2) is 0 Å². The molecule has 4 saturated carbocycles. The first-order valence-corrected chi connectivity index (χ1v) is 51.2. The lowest BCUT2D eigenvalue weighted by atomic mass is 9.88. The molecule has 0 unspecified atom stereocenters. The number of hydrogen-bond acceptors (Lipinski definition) is 16. The van der Waals surface area contributed by atoms with Crippen LogP contribution in [-0.4, -0.2) is 223 Å². The number of nitrogens with one attached hydrogen (secondary N) is 8. The van der Waals surface area contributed by atoms with Crippen LogP contribution in [0.2, 0.25) is 19.6 Å². The van der Waals surface area contributed by atoms with Gasteiger partial charge in [-0.1, -0.05) is 82.9 Å². The van der Waals surface area contributed by atoms with Crippen molar-refractivity contribution >= 4 is 60.2 Å². The number of halogens is 13. The van der Waals surface area contributed by atoms with Crippen LogP contribution in [0.4, 0.5) is 52.7 Å². The monoisotopic (exact) mass is 2070 g/mol. The largest absolute Gasteiger partial charge is 0.416 e. The van der Waals surface area contributed by atoms with Crippen LogP contribution in [0.3, 0.4) is 0 Å². The minimum atomic E-state index is -4.53. The molecule has 0 spiro atoms. The first kappa shape index (κ1) is 107. The molecule has 5 amide bonds. The molecule has 4 aromatic carbocycles.